The van der Waals surface area contributed by atoms with Crippen molar-refractivity contribution in [1.82, 2.24) is 0 Å². The maximum atomic E-state index is 5.43. The Balaban J connectivity index is 2.58. The van der Waals surface area contributed by atoms with E-state index in [1.807, 2.05) is 12.1 Å². The molecule has 0 unspecified atom stereocenters. The van der Waals surface area contributed by atoms with Crippen molar-refractivity contribution in [2.24, 2.45) is 0 Å². The summed E-state index contributed by atoms with van der Waals surface area (Å²) in [5.74, 6) is 0.994. The van der Waals surface area contributed by atoms with Crippen LogP contribution in [-0.4, -0.2) is 0 Å². The van der Waals surface area contributed by atoms with Gasteiger partial charge in [-0.15, -0.1) is 0 Å². The molecule has 1 aliphatic heterocycles. The van der Waals surface area contributed by atoms with Crippen molar-refractivity contribution in [2.75, 3.05) is 0 Å². The largest absolute Gasteiger partial charge is 0.420 e. The van der Waals surface area contributed by atoms with Crippen molar-refractivity contribution in [2.45, 2.75) is 4.90 Å². The summed E-state index contributed by atoms with van der Waals surface area (Å²) in [7, 11) is 0. The molecule has 0 radical (unpaired) electrons. The van der Waals surface area contributed by atoms with Crippen LogP contribution in [0.1, 0.15) is 0 Å². The molecule has 0 saturated heterocycles. The van der Waals surface area contributed by atoms with Crippen LogP contribution in [0.3, 0.4) is 0 Å². The van der Waals surface area contributed by atoms with Gasteiger partial charge in [0.15, 0.2) is 0 Å². The van der Waals surface area contributed by atoms with E-state index in [1.54, 1.807) is 0 Å². The first-order chi connectivity index (χ1) is 5.95. The summed E-state index contributed by atoms with van der Waals surface area (Å²) in [6.07, 6.45) is 0. The molecule has 1 heterocycles. The van der Waals surface area contributed by atoms with Crippen molar-refractivity contribution in [1.29, 1.82) is 0 Å². The van der Waals surface area contributed by atoms with Gasteiger partial charge in [0, 0.05) is 5.39 Å². The first kappa shape index (κ1) is 6.38. The van der Waals surface area contributed by atoms with Gasteiger partial charge in [0.1, 0.15) is 5.75 Å². The molecule has 2 aromatic rings. The minimum absolute atomic E-state index is 0.994. The zero-order valence-corrected chi connectivity index (χ0v) is 7.10. The van der Waals surface area contributed by atoms with E-state index in [-0.39, 0.29) is 0 Å². The molecule has 1 nitrogen and oxygen atoms in total. The van der Waals surface area contributed by atoms with Crippen molar-refractivity contribution in [3.63, 3.8) is 0 Å². The average molecular weight is 174 g/mol. The van der Waals surface area contributed by atoms with Gasteiger partial charge in [0.25, 0.3) is 0 Å². The van der Waals surface area contributed by atoms with Gasteiger partial charge in [0.05, 0.1) is 16.9 Å². The highest BCUT2D eigenvalue weighted by molar-refractivity contribution is 7.95. The number of rotatable bonds is 0. The lowest BCUT2D eigenvalue weighted by Crippen LogP contribution is -1.71. The normalized spacial score (nSPS) is 13.3. The second kappa shape index (κ2) is 2.17. The third-order valence-electron chi connectivity index (χ3n) is 2.05. The van der Waals surface area contributed by atoms with Gasteiger partial charge < -0.3 is 4.18 Å². The summed E-state index contributed by atoms with van der Waals surface area (Å²) >= 11 is 1.45. The van der Waals surface area contributed by atoms with Gasteiger partial charge in [-0.25, -0.2) is 0 Å². The van der Waals surface area contributed by atoms with Gasteiger partial charge in [-0.3, -0.25) is 0 Å². The van der Waals surface area contributed by atoms with Crippen LogP contribution in [0, 0.1) is 0 Å². The molecule has 2 aromatic carbocycles. The third-order valence-corrected chi connectivity index (χ3v) is 2.83. The Morgan fingerprint density at radius 1 is 1.00 bits per heavy atom. The minimum Gasteiger partial charge on any atom is -0.420 e. The predicted octanol–water partition coefficient (Wildman–Crippen LogP) is 3.24. The lowest BCUT2D eigenvalue weighted by Gasteiger charge is -1.95. The summed E-state index contributed by atoms with van der Waals surface area (Å²) < 4.78 is 5.43. The fourth-order valence-electron chi connectivity index (χ4n) is 1.50. The van der Waals surface area contributed by atoms with Gasteiger partial charge in [-0.1, -0.05) is 24.3 Å². The van der Waals surface area contributed by atoms with Crippen LogP contribution in [0.25, 0.3) is 10.8 Å². The van der Waals surface area contributed by atoms with Crippen LogP contribution in [-0.2, 0) is 0 Å². The standard InChI is InChI=1S/C10H6OS/c1-3-7-4-2-6-9-10(7)8(5-1)11-12-9/h1-6H. The summed E-state index contributed by atoms with van der Waals surface area (Å²) in [4.78, 5) is 1.23. The van der Waals surface area contributed by atoms with Gasteiger partial charge in [0.2, 0.25) is 0 Å². The monoisotopic (exact) mass is 174 g/mol. The van der Waals surface area contributed by atoms with Crippen molar-refractivity contribution < 1.29 is 4.18 Å². The van der Waals surface area contributed by atoms with E-state index < -0.39 is 0 Å². The molecule has 0 amide bonds. The van der Waals surface area contributed by atoms with Crippen molar-refractivity contribution >= 4 is 22.8 Å². The fraction of sp³-hybridized carbons (Fsp3) is 0. The van der Waals surface area contributed by atoms with Crippen LogP contribution in [0.5, 0.6) is 5.75 Å². The second-order valence-corrected chi connectivity index (χ2v) is 3.55. The number of hydrogen-bond acceptors (Lipinski definition) is 2. The Kier molecular flexibility index (Phi) is 1.15. The molecule has 0 aromatic heterocycles. The molecule has 12 heavy (non-hydrogen) atoms. The first-order valence-corrected chi connectivity index (χ1v) is 4.55. The smallest absolute Gasteiger partial charge is 0.146 e. The Hall–Kier alpha value is -1.15. The van der Waals surface area contributed by atoms with Crippen LogP contribution in [0.4, 0.5) is 0 Å². The predicted molar refractivity (Wildman–Crippen MR) is 50.4 cm³/mol. The quantitative estimate of drug-likeness (QED) is 0.567. The zero-order valence-electron chi connectivity index (χ0n) is 6.28. The van der Waals surface area contributed by atoms with Gasteiger partial charge >= 0.3 is 0 Å². The minimum atomic E-state index is 0.994. The van der Waals surface area contributed by atoms with Crippen LogP contribution in [0.2, 0.25) is 0 Å². The molecule has 58 valence electrons. The summed E-state index contributed by atoms with van der Waals surface area (Å²) in [5, 5.41) is 2.51. The molecule has 0 saturated carbocycles. The second-order valence-electron chi connectivity index (χ2n) is 2.78. The van der Waals surface area contributed by atoms with E-state index >= 15 is 0 Å². The van der Waals surface area contributed by atoms with Crippen molar-refractivity contribution in [3.8, 4) is 5.75 Å². The van der Waals surface area contributed by atoms with E-state index in [2.05, 4.69) is 24.3 Å². The van der Waals surface area contributed by atoms with E-state index in [0.717, 1.165) is 5.75 Å². The highest BCUT2D eigenvalue weighted by atomic mass is 32.2. The van der Waals surface area contributed by atoms with Crippen molar-refractivity contribution in [3.05, 3.63) is 36.4 Å². The SMILES string of the molecule is c1cc2c3c(cccc3c1)SO2. The molecular weight excluding hydrogens is 168 g/mol. The maximum absolute atomic E-state index is 5.43. The highest BCUT2D eigenvalue weighted by Crippen LogP contribution is 2.42. The molecule has 0 N–H and O–H groups in total. The van der Waals surface area contributed by atoms with Gasteiger partial charge in [-0.05, 0) is 17.5 Å². The van der Waals surface area contributed by atoms with Crippen LogP contribution in [0.15, 0.2) is 41.3 Å². The van der Waals surface area contributed by atoms with E-state index in [4.69, 9.17) is 4.18 Å². The van der Waals surface area contributed by atoms with E-state index in [9.17, 15) is 0 Å². The highest BCUT2D eigenvalue weighted by Gasteiger charge is 2.15. The fourth-order valence-corrected chi connectivity index (χ4v) is 2.26. The molecule has 3 rings (SSSR count). The molecule has 0 atom stereocenters. The lowest BCUT2D eigenvalue weighted by atomic mass is 10.1. The van der Waals surface area contributed by atoms with E-state index in [0.29, 0.717) is 0 Å². The molecule has 0 bridgehead atoms. The molecule has 0 spiro atoms. The Morgan fingerprint density at radius 2 is 1.83 bits per heavy atom. The number of hydrogen-bond donors (Lipinski definition) is 0. The first-order valence-electron chi connectivity index (χ1n) is 3.81. The molecule has 0 fully saturated rings. The third kappa shape index (κ3) is 0.703. The maximum Gasteiger partial charge on any atom is 0.146 e. The molecule has 2 heteroatoms. The summed E-state index contributed by atoms with van der Waals surface area (Å²) in [6, 6.07) is 12.4. The topological polar surface area (TPSA) is 9.23 Å². The molecule has 1 aliphatic rings. The number of benzene rings is 2. The average Bonchev–Trinajstić information content (AvgIpc) is 2.52. The van der Waals surface area contributed by atoms with Crippen LogP contribution < -0.4 is 4.18 Å². The lowest BCUT2D eigenvalue weighted by molar-refractivity contribution is 0.666. The van der Waals surface area contributed by atoms with Crippen LogP contribution >= 0.6 is 12.0 Å². The summed E-state index contributed by atoms with van der Waals surface area (Å²) in [5.41, 5.74) is 0. The molecular formula is C10H6OS. The van der Waals surface area contributed by atoms with E-state index in [1.165, 1.54) is 27.7 Å². The Bertz CT molecular complexity index is 412. The summed E-state index contributed by atoms with van der Waals surface area (Å²) in [6.45, 7) is 0. The zero-order chi connectivity index (χ0) is 7.97. The molecule has 0 aliphatic carbocycles. The Labute approximate surface area is 74.6 Å². The van der Waals surface area contributed by atoms with Gasteiger partial charge in [-0.2, -0.15) is 0 Å². The Morgan fingerprint density at radius 3 is 2.75 bits per heavy atom.